The van der Waals surface area contributed by atoms with Gasteiger partial charge in [-0.1, -0.05) is 26.7 Å². The largest absolute Gasteiger partial charge is 0.467 e. The lowest BCUT2D eigenvalue weighted by Crippen LogP contribution is -2.41. The average molecular weight is 265 g/mol. The summed E-state index contributed by atoms with van der Waals surface area (Å²) < 4.78 is 10.8. The van der Waals surface area contributed by atoms with Gasteiger partial charge >= 0.3 is 0 Å². The Morgan fingerprint density at radius 2 is 2.26 bits per heavy atom. The molecule has 1 aliphatic rings. The van der Waals surface area contributed by atoms with Gasteiger partial charge in [0.05, 0.1) is 6.26 Å². The van der Waals surface area contributed by atoms with Crippen LogP contribution >= 0.6 is 0 Å². The van der Waals surface area contributed by atoms with Crippen molar-refractivity contribution in [1.82, 2.24) is 5.32 Å². The second kappa shape index (κ2) is 7.71. The quantitative estimate of drug-likeness (QED) is 0.765. The zero-order valence-electron chi connectivity index (χ0n) is 12.2. The molecule has 0 aliphatic heterocycles. The molecule has 0 spiro atoms. The Hall–Kier alpha value is -0.800. The summed E-state index contributed by atoms with van der Waals surface area (Å²) in [6.07, 6.45) is 6.85. The summed E-state index contributed by atoms with van der Waals surface area (Å²) in [5.41, 5.74) is 0. The van der Waals surface area contributed by atoms with E-state index in [2.05, 4.69) is 19.2 Å². The van der Waals surface area contributed by atoms with E-state index in [4.69, 9.17) is 9.15 Å². The van der Waals surface area contributed by atoms with Crippen LogP contribution in [0.3, 0.4) is 0 Å². The predicted molar refractivity (Wildman–Crippen MR) is 77.0 cm³/mol. The van der Waals surface area contributed by atoms with Crippen LogP contribution in [-0.2, 0) is 11.3 Å². The molecule has 0 aromatic carbocycles. The van der Waals surface area contributed by atoms with Crippen molar-refractivity contribution in [2.75, 3.05) is 13.2 Å². The van der Waals surface area contributed by atoms with Gasteiger partial charge in [-0.15, -0.1) is 0 Å². The Kier molecular flexibility index (Phi) is 5.93. The average Bonchev–Trinajstić information content (AvgIpc) is 2.91. The maximum absolute atomic E-state index is 5.58. The first-order chi connectivity index (χ1) is 9.27. The highest BCUT2D eigenvalue weighted by atomic mass is 16.5. The number of furan rings is 1. The summed E-state index contributed by atoms with van der Waals surface area (Å²) in [6.45, 7) is 7.20. The number of ether oxygens (including phenoxy) is 1. The fraction of sp³-hybridized carbons (Fsp3) is 0.750. The van der Waals surface area contributed by atoms with E-state index in [0.717, 1.165) is 37.2 Å². The molecule has 1 fully saturated rings. The number of nitrogens with one attached hydrogen (secondary N) is 1. The van der Waals surface area contributed by atoms with Crippen molar-refractivity contribution in [3.63, 3.8) is 0 Å². The normalized spacial score (nSPS) is 27.6. The van der Waals surface area contributed by atoms with Crippen LogP contribution in [-0.4, -0.2) is 19.2 Å². The highest BCUT2D eigenvalue weighted by Crippen LogP contribution is 2.29. The first-order valence-electron chi connectivity index (χ1n) is 7.61. The molecule has 1 aliphatic carbocycles. The zero-order chi connectivity index (χ0) is 13.5. The van der Waals surface area contributed by atoms with Crippen LogP contribution in [0.15, 0.2) is 22.8 Å². The molecule has 3 unspecified atom stereocenters. The second-order valence-corrected chi connectivity index (χ2v) is 5.81. The summed E-state index contributed by atoms with van der Waals surface area (Å²) in [4.78, 5) is 0. The molecule has 0 amide bonds. The van der Waals surface area contributed by atoms with E-state index in [1.54, 1.807) is 6.26 Å². The second-order valence-electron chi connectivity index (χ2n) is 5.81. The summed E-state index contributed by atoms with van der Waals surface area (Å²) >= 11 is 0. The molecule has 3 atom stereocenters. The Labute approximate surface area is 116 Å². The molecule has 0 bridgehead atoms. The molecule has 3 heteroatoms. The number of hydrogen-bond acceptors (Lipinski definition) is 3. The Bertz CT molecular complexity index is 337. The first kappa shape index (κ1) is 14.6. The van der Waals surface area contributed by atoms with Crippen LogP contribution < -0.4 is 5.32 Å². The minimum atomic E-state index is 0.587. The van der Waals surface area contributed by atoms with Crippen LogP contribution in [0.5, 0.6) is 0 Å². The molecular formula is C16H27NO2. The third kappa shape index (κ3) is 4.66. The fourth-order valence-electron chi connectivity index (χ4n) is 2.90. The van der Waals surface area contributed by atoms with E-state index in [-0.39, 0.29) is 0 Å². The monoisotopic (exact) mass is 265 g/mol. The SMILES string of the molecule is CC1CCCC(NCCCOCc2ccco2)C1C. The predicted octanol–water partition coefficient (Wildman–Crippen LogP) is 3.60. The van der Waals surface area contributed by atoms with E-state index < -0.39 is 0 Å². The summed E-state index contributed by atoms with van der Waals surface area (Å²) in [5, 5.41) is 3.69. The molecule has 1 aromatic heterocycles. The lowest BCUT2D eigenvalue weighted by molar-refractivity contribution is 0.102. The van der Waals surface area contributed by atoms with Gasteiger partial charge in [-0.05, 0) is 43.4 Å². The van der Waals surface area contributed by atoms with Crippen molar-refractivity contribution in [3.8, 4) is 0 Å². The van der Waals surface area contributed by atoms with Gasteiger partial charge < -0.3 is 14.5 Å². The van der Waals surface area contributed by atoms with Crippen molar-refractivity contribution in [3.05, 3.63) is 24.2 Å². The van der Waals surface area contributed by atoms with Gasteiger partial charge in [-0.2, -0.15) is 0 Å². The standard InChI is InChI=1S/C16H27NO2/c1-13-6-3-8-16(14(13)2)17-9-5-10-18-12-15-7-4-11-19-15/h4,7,11,13-14,16-17H,3,5-6,8-10,12H2,1-2H3. The number of rotatable bonds is 7. The van der Waals surface area contributed by atoms with Gasteiger partial charge in [-0.25, -0.2) is 0 Å². The van der Waals surface area contributed by atoms with Gasteiger partial charge in [-0.3, -0.25) is 0 Å². The molecule has 2 rings (SSSR count). The zero-order valence-corrected chi connectivity index (χ0v) is 12.2. The first-order valence-corrected chi connectivity index (χ1v) is 7.61. The third-order valence-electron chi connectivity index (χ3n) is 4.40. The van der Waals surface area contributed by atoms with Crippen molar-refractivity contribution in [2.45, 2.75) is 52.2 Å². The highest BCUT2D eigenvalue weighted by molar-refractivity contribution is 4.95. The van der Waals surface area contributed by atoms with Crippen LogP contribution in [0.4, 0.5) is 0 Å². The summed E-state index contributed by atoms with van der Waals surface area (Å²) in [7, 11) is 0. The summed E-state index contributed by atoms with van der Waals surface area (Å²) in [5.74, 6) is 2.57. The highest BCUT2D eigenvalue weighted by Gasteiger charge is 2.26. The van der Waals surface area contributed by atoms with Crippen molar-refractivity contribution >= 4 is 0 Å². The van der Waals surface area contributed by atoms with Gasteiger partial charge in [0.2, 0.25) is 0 Å². The van der Waals surface area contributed by atoms with E-state index in [1.807, 2.05) is 12.1 Å². The molecule has 1 saturated carbocycles. The van der Waals surface area contributed by atoms with Gasteiger partial charge in [0.25, 0.3) is 0 Å². The molecule has 108 valence electrons. The molecule has 0 saturated heterocycles. The van der Waals surface area contributed by atoms with Crippen molar-refractivity contribution < 1.29 is 9.15 Å². The van der Waals surface area contributed by atoms with E-state index in [9.17, 15) is 0 Å². The van der Waals surface area contributed by atoms with Crippen LogP contribution in [0.2, 0.25) is 0 Å². The molecule has 1 aromatic rings. The lowest BCUT2D eigenvalue weighted by Gasteiger charge is -2.34. The van der Waals surface area contributed by atoms with E-state index >= 15 is 0 Å². The molecule has 0 radical (unpaired) electrons. The van der Waals surface area contributed by atoms with Gasteiger partial charge in [0, 0.05) is 12.6 Å². The minimum Gasteiger partial charge on any atom is -0.467 e. The number of hydrogen-bond donors (Lipinski definition) is 1. The molecule has 1 N–H and O–H groups in total. The van der Waals surface area contributed by atoms with Gasteiger partial charge in [0.15, 0.2) is 0 Å². The maximum Gasteiger partial charge on any atom is 0.129 e. The molecule has 19 heavy (non-hydrogen) atoms. The minimum absolute atomic E-state index is 0.587. The fourth-order valence-corrected chi connectivity index (χ4v) is 2.90. The van der Waals surface area contributed by atoms with E-state index in [1.165, 1.54) is 19.3 Å². The van der Waals surface area contributed by atoms with E-state index in [0.29, 0.717) is 12.6 Å². The Morgan fingerprint density at radius 3 is 3.05 bits per heavy atom. The van der Waals surface area contributed by atoms with Crippen LogP contribution in [0.25, 0.3) is 0 Å². The van der Waals surface area contributed by atoms with Crippen LogP contribution in [0, 0.1) is 11.8 Å². The third-order valence-corrected chi connectivity index (χ3v) is 4.40. The van der Waals surface area contributed by atoms with Crippen molar-refractivity contribution in [2.24, 2.45) is 11.8 Å². The maximum atomic E-state index is 5.58. The summed E-state index contributed by atoms with van der Waals surface area (Å²) in [6, 6.07) is 4.55. The topological polar surface area (TPSA) is 34.4 Å². The van der Waals surface area contributed by atoms with Crippen molar-refractivity contribution in [1.29, 1.82) is 0 Å². The lowest BCUT2D eigenvalue weighted by atomic mass is 9.78. The Morgan fingerprint density at radius 1 is 1.37 bits per heavy atom. The molecule has 1 heterocycles. The van der Waals surface area contributed by atoms with Crippen LogP contribution in [0.1, 0.15) is 45.3 Å². The van der Waals surface area contributed by atoms with Gasteiger partial charge in [0.1, 0.15) is 12.4 Å². The molecule has 3 nitrogen and oxygen atoms in total. The smallest absolute Gasteiger partial charge is 0.129 e. The Balaban J connectivity index is 1.52. The molecular weight excluding hydrogens is 238 g/mol.